The van der Waals surface area contributed by atoms with Gasteiger partial charge >= 0.3 is 12.1 Å². The number of nitrogens with zero attached hydrogens (tertiary/aromatic N) is 2. The molecule has 2 heterocycles. The zero-order valence-corrected chi connectivity index (χ0v) is 26.3. The van der Waals surface area contributed by atoms with E-state index in [2.05, 4.69) is 10.3 Å². The molecule has 1 atom stereocenters. The summed E-state index contributed by atoms with van der Waals surface area (Å²) in [6.45, 7) is 7.43. The predicted octanol–water partition coefficient (Wildman–Crippen LogP) is 8.00. The number of hydrogen-bond donors (Lipinski definition) is 1. The minimum atomic E-state index is -4.54. The van der Waals surface area contributed by atoms with E-state index in [1.807, 2.05) is 6.92 Å². The molecule has 2 aromatic carbocycles. The maximum absolute atomic E-state index is 14.1. The lowest BCUT2D eigenvalue weighted by molar-refractivity contribution is -0.154. The van der Waals surface area contributed by atoms with E-state index in [-0.39, 0.29) is 30.5 Å². The number of aromatic nitrogens is 2. The Hall–Kier alpha value is -4.18. The van der Waals surface area contributed by atoms with E-state index in [1.54, 1.807) is 73.9 Å². The highest BCUT2D eigenvalue weighted by Gasteiger charge is 2.31. The number of rotatable bonds is 11. The molecule has 7 nitrogen and oxygen atoms in total. The van der Waals surface area contributed by atoms with E-state index in [0.717, 1.165) is 24.2 Å². The lowest BCUT2D eigenvalue weighted by atomic mass is 9.89. The van der Waals surface area contributed by atoms with E-state index in [4.69, 9.17) is 16.3 Å². The Morgan fingerprint density at radius 1 is 1.00 bits per heavy atom. The molecule has 0 bridgehead atoms. The van der Waals surface area contributed by atoms with Crippen molar-refractivity contribution in [3.63, 3.8) is 0 Å². The molecule has 4 rings (SSSR count). The first kappa shape index (κ1) is 33.7. The number of amides is 1. The van der Waals surface area contributed by atoms with Gasteiger partial charge in [-0.1, -0.05) is 37.1 Å². The summed E-state index contributed by atoms with van der Waals surface area (Å²) >= 11 is 6.21. The summed E-state index contributed by atoms with van der Waals surface area (Å²) in [5.41, 5.74) is 0.642. The molecule has 0 spiro atoms. The summed E-state index contributed by atoms with van der Waals surface area (Å²) in [4.78, 5) is 42.6. The van der Waals surface area contributed by atoms with Gasteiger partial charge in [-0.2, -0.15) is 13.2 Å². The van der Waals surface area contributed by atoms with Gasteiger partial charge in [0.05, 0.1) is 23.2 Å². The van der Waals surface area contributed by atoms with Crippen molar-refractivity contribution in [3.8, 4) is 5.82 Å². The Morgan fingerprint density at radius 3 is 2.31 bits per heavy atom. The van der Waals surface area contributed by atoms with Crippen LogP contribution < -0.4 is 5.32 Å². The van der Waals surface area contributed by atoms with Crippen LogP contribution in [-0.2, 0) is 22.1 Å². The van der Waals surface area contributed by atoms with Gasteiger partial charge in [-0.25, -0.2) is 4.98 Å². The van der Waals surface area contributed by atoms with Gasteiger partial charge in [0.25, 0.3) is 5.91 Å². The predicted molar refractivity (Wildman–Crippen MR) is 167 cm³/mol. The fourth-order valence-corrected chi connectivity index (χ4v) is 5.21. The fraction of sp³-hybridized carbons (Fsp3) is 0.353. The van der Waals surface area contributed by atoms with Gasteiger partial charge in [-0.05, 0) is 87.7 Å². The lowest BCUT2D eigenvalue weighted by Crippen LogP contribution is -2.29. The third kappa shape index (κ3) is 8.72. The molecule has 0 saturated heterocycles. The van der Waals surface area contributed by atoms with Crippen molar-refractivity contribution < 1.29 is 32.3 Å². The first-order valence-electron chi connectivity index (χ1n) is 14.6. The second kappa shape index (κ2) is 13.9. The van der Waals surface area contributed by atoms with E-state index < -0.39 is 29.2 Å². The minimum absolute atomic E-state index is 0.0485. The Morgan fingerprint density at radius 2 is 1.71 bits per heavy atom. The molecular formula is C34H35ClF3N3O4. The molecule has 45 heavy (non-hydrogen) atoms. The summed E-state index contributed by atoms with van der Waals surface area (Å²) < 4.78 is 46.5. The van der Waals surface area contributed by atoms with Gasteiger partial charge < -0.3 is 10.1 Å². The molecule has 0 unspecified atom stereocenters. The third-order valence-corrected chi connectivity index (χ3v) is 7.30. The summed E-state index contributed by atoms with van der Waals surface area (Å²) in [6, 6.07) is 15.8. The number of nitrogens with one attached hydrogen (secondary N) is 1. The van der Waals surface area contributed by atoms with Crippen LogP contribution in [0.25, 0.3) is 16.7 Å². The van der Waals surface area contributed by atoms with E-state index >= 15 is 0 Å². The number of alkyl halides is 3. The van der Waals surface area contributed by atoms with Crippen LogP contribution in [0.2, 0.25) is 5.02 Å². The van der Waals surface area contributed by atoms with Crippen LogP contribution in [0.3, 0.4) is 0 Å². The molecule has 0 aliphatic heterocycles. The number of carbonyl (C=O) groups excluding carboxylic acids is 3. The Bertz CT molecular complexity index is 1670. The van der Waals surface area contributed by atoms with Crippen molar-refractivity contribution in [1.29, 1.82) is 0 Å². The van der Waals surface area contributed by atoms with Gasteiger partial charge in [0.15, 0.2) is 5.78 Å². The molecule has 0 fully saturated rings. The van der Waals surface area contributed by atoms with Crippen LogP contribution in [0, 0.1) is 5.92 Å². The molecule has 0 aliphatic carbocycles. The lowest BCUT2D eigenvalue weighted by Gasteiger charge is -2.19. The number of carbonyl (C=O) groups is 3. The number of pyridine rings is 1. The standard InChI is InChI=1S/C34H35ClF3N3O4/c1-5-6-23(17-21-7-9-22(10-8-21)32(44)39-16-15-30(42)45-33(2,3)4)31(43)28-19-24-18-26(35)12-13-27(24)41(28)29-14-11-25(20-40-29)34(36,37)38/h7-14,18-20,23H,5-6,15-17H2,1-4H3,(H,39,44)/t23-/m1/s1. The Balaban J connectivity index is 1.54. The number of Topliss-reactive ketones (excluding diaryl/α,β-unsaturated/α-hetero) is 1. The summed E-state index contributed by atoms with van der Waals surface area (Å²) in [7, 11) is 0. The minimum Gasteiger partial charge on any atom is -0.460 e. The van der Waals surface area contributed by atoms with Crippen LogP contribution in [0.5, 0.6) is 0 Å². The highest BCUT2D eigenvalue weighted by Crippen LogP contribution is 2.32. The molecule has 0 radical (unpaired) electrons. The zero-order chi connectivity index (χ0) is 32.9. The number of hydrogen-bond acceptors (Lipinski definition) is 5. The van der Waals surface area contributed by atoms with Gasteiger partial charge in [0, 0.05) is 34.6 Å². The fourth-order valence-electron chi connectivity index (χ4n) is 5.03. The van der Waals surface area contributed by atoms with Crippen molar-refractivity contribution in [2.24, 2.45) is 5.92 Å². The number of fused-ring (bicyclic) bond motifs is 1. The number of ether oxygens (including phenoxy) is 1. The average molecular weight is 642 g/mol. The highest BCUT2D eigenvalue weighted by atomic mass is 35.5. The first-order chi connectivity index (χ1) is 21.2. The van der Waals surface area contributed by atoms with Crippen LogP contribution in [0.15, 0.2) is 66.9 Å². The van der Waals surface area contributed by atoms with Gasteiger partial charge in [0.2, 0.25) is 0 Å². The maximum Gasteiger partial charge on any atom is 0.417 e. The van der Waals surface area contributed by atoms with Crippen molar-refractivity contribution in [2.75, 3.05) is 6.54 Å². The van der Waals surface area contributed by atoms with E-state index in [1.165, 1.54) is 6.07 Å². The highest BCUT2D eigenvalue weighted by molar-refractivity contribution is 6.31. The monoisotopic (exact) mass is 641 g/mol. The molecule has 238 valence electrons. The third-order valence-electron chi connectivity index (χ3n) is 7.06. The quantitative estimate of drug-likeness (QED) is 0.132. The first-order valence-corrected chi connectivity index (χ1v) is 15.0. The molecule has 0 aliphatic rings. The molecule has 2 aromatic heterocycles. The molecule has 11 heteroatoms. The van der Waals surface area contributed by atoms with Crippen molar-refractivity contribution >= 4 is 40.2 Å². The van der Waals surface area contributed by atoms with Crippen LogP contribution in [0.4, 0.5) is 13.2 Å². The molecular weight excluding hydrogens is 607 g/mol. The Kier molecular flexibility index (Phi) is 10.4. The molecule has 1 amide bonds. The topological polar surface area (TPSA) is 90.3 Å². The average Bonchev–Trinajstić information content (AvgIpc) is 3.34. The molecule has 1 N–H and O–H groups in total. The van der Waals surface area contributed by atoms with Crippen molar-refractivity contribution in [2.45, 2.75) is 65.2 Å². The molecule has 4 aromatic rings. The number of esters is 1. The summed E-state index contributed by atoms with van der Waals surface area (Å²) in [5, 5.41) is 3.83. The normalized spacial score (nSPS) is 12.6. The number of ketones is 1. The van der Waals surface area contributed by atoms with Gasteiger partial charge in [0.1, 0.15) is 11.4 Å². The second-order valence-electron chi connectivity index (χ2n) is 11.8. The van der Waals surface area contributed by atoms with Crippen molar-refractivity contribution in [3.05, 3.63) is 94.3 Å². The zero-order valence-electron chi connectivity index (χ0n) is 25.5. The summed E-state index contributed by atoms with van der Waals surface area (Å²) in [5.74, 6) is -1.19. The largest absolute Gasteiger partial charge is 0.460 e. The smallest absolute Gasteiger partial charge is 0.417 e. The van der Waals surface area contributed by atoms with Gasteiger partial charge in [-0.15, -0.1) is 0 Å². The number of benzene rings is 2. The maximum atomic E-state index is 14.1. The summed E-state index contributed by atoms with van der Waals surface area (Å²) in [6.07, 6.45) is -2.07. The van der Waals surface area contributed by atoms with Crippen molar-refractivity contribution in [1.82, 2.24) is 14.9 Å². The van der Waals surface area contributed by atoms with Crippen LogP contribution >= 0.6 is 11.6 Å². The Labute approximate surface area is 264 Å². The second-order valence-corrected chi connectivity index (χ2v) is 12.3. The molecule has 0 saturated carbocycles. The van der Waals surface area contributed by atoms with Crippen LogP contribution in [-0.4, -0.2) is 39.4 Å². The van der Waals surface area contributed by atoms with Gasteiger partial charge in [-0.3, -0.25) is 19.0 Å². The number of halogens is 4. The SMILES string of the molecule is CCC[C@H](Cc1ccc(C(=O)NCCC(=O)OC(C)(C)C)cc1)C(=O)c1cc2cc(Cl)ccc2n1-c1ccc(C(F)(F)F)cn1. The van der Waals surface area contributed by atoms with Crippen LogP contribution in [0.1, 0.15) is 78.9 Å². The van der Waals surface area contributed by atoms with E-state index in [0.29, 0.717) is 40.0 Å². The van der Waals surface area contributed by atoms with E-state index in [9.17, 15) is 27.6 Å².